The van der Waals surface area contributed by atoms with Crippen LogP contribution in [-0.4, -0.2) is 16.1 Å². The maximum absolute atomic E-state index is 14.3. The van der Waals surface area contributed by atoms with Crippen LogP contribution in [0.2, 0.25) is 0 Å². The molecule has 1 aromatic heterocycles. The molecular formula is C12H22FN3. The number of aryl methyl sites for hydroxylation is 1. The van der Waals surface area contributed by atoms with E-state index in [1.54, 1.807) is 6.20 Å². The summed E-state index contributed by atoms with van der Waals surface area (Å²) >= 11 is 0. The minimum absolute atomic E-state index is 0.155. The van der Waals surface area contributed by atoms with Gasteiger partial charge in [-0.3, -0.25) is 0 Å². The first-order chi connectivity index (χ1) is 7.61. The summed E-state index contributed by atoms with van der Waals surface area (Å²) in [5.74, 6) is 0.593. The van der Waals surface area contributed by atoms with E-state index in [0.717, 1.165) is 13.0 Å². The van der Waals surface area contributed by atoms with Gasteiger partial charge in [0.2, 0.25) is 0 Å². The molecule has 3 nitrogen and oxygen atoms in total. The van der Waals surface area contributed by atoms with Gasteiger partial charge in [-0.05, 0) is 18.9 Å². The van der Waals surface area contributed by atoms with Crippen LogP contribution in [0.3, 0.4) is 0 Å². The first-order valence-corrected chi connectivity index (χ1v) is 5.97. The van der Waals surface area contributed by atoms with Crippen molar-refractivity contribution in [3.8, 4) is 0 Å². The summed E-state index contributed by atoms with van der Waals surface area (Å²) in [5, 5.41) is 0. The number of alkyl halides is 1. The standard InChI is InChI=1S/C12H22FN3/c1-4-6-16-7-5-15-12(16)11(13)10(8-14)9(2)3/h5,7,9-11H,4,6,8,14H2,1-3H3. The lowest BCUT2D eigenvalue weighted by Gasteiger charge is -2.23. The van der Waals surface area contributed by atoms with E-state index in [1.807, 2.05) is 24.6 Å². The van der Waals surface area contributed by atoms with E-state index in [4.69, 9.17) is 5.73 Å². The summed E-state index contributed by atoms with van der Waals surface area (Å²) in [6.45, 7) is 7.23. The van der Waals surface area contributed by atoms with Crippen molar-refractivity contribution in [2.24, 2.45) is 17.6 Å². The van der Waals surface area contributed by atoms with Gasteiger partial charge < -0.3 is 10.3 Å². The quantitative estimate of drug-likeness (QED) is 0.811. The van der Waals surface area contributed by atoms with E-state index in [-0.39, 0.29) is 11.8 Å². The number of imidazole rings is 1. The Bertz CT molecular complexity index is 309. The average molecular weight is 227 g/mol. The van der Waals surface area contributed by atoms with E-state index < -0.39 is 6.17 Å². The van der Waals surface area contributed by atoms with Crippen LogP contribution in [0.5, 0.6) is 0 Å². The predicted molar refractivity (Wildman–Crippen MR) is 63.7 cm³/mol. The Balaban J connectivity index is 2.85. The maximum Gasteiger partial charge on any atom is 0.162 e. The van der Waals surface area contributed by atoms with Crippen molar-refractivity contribution < 1.29 is 4.39 Å². The van der Waals surface area contributed by atoms with Crippen LogP contribution < -0.4 is 5.73 Å². The molecule has 16 heavy (non-hydrogen) atoms. The molecule has 1 heterocycles. The lowest BCUT2D eigenvalue weighted by Crippen LogP contribution is -2.26. The van der Waals surface area contributed by atoms with Crippen LogP contribution in [-0.2, 0) is 6.54 Å². The van der Waals surface area contributed by atoms with Crippen LogP contribution in [0.4, 0.5) is 4.39 Å². The fourth-order valence-electron chi connectivity index (χ4n) is 1.92. The zero-order valence-corrected chi connectivity index (χ0v) is 10.4. The molecule has 2 atom stereocenters. The summed E-state index contributed by atoms with van der Waals surface area (Å²) in [6, 6.07) is 0. The highest BCUT2D eigenvalue weighted by molar-refractivity contribution is 4.99. The number of halogens is 1. The molecule has 92 valence electrons. The number of hydrogen-bond donors (Lipinski definition) is 1. The number of nitrogens with zero attached hydrogens (tertiary/aromatic N) is 2. The second-order valence-corrected chi connectivity index (χ2v) is 4.52. The Kier molecular flexibility index (Phi) is 4.93. The topological polar surface area (TPSA) is 43.8 Å². The van der Waals surface area contributed by atoms with Crippen molar-refractivity contribution in [3.63, 3.8) is 0 Å². The molecule has 2 unspecified atom stereocenters. The molecule has 4 heteroatoms. The van der Waals surface area contributed by atoms with Crippen molar-refractivity contribution in [2.45, 2.75) is 39.9 Å². The third kappa shape index (κ3) is 2.82. The van der Waals surface area contributed by atoms with Gasteiger partial charge in [0.1, 0.15) is 5.82 Å². The second-order valence-electron chi connectivity index (χ2n) is 4.52. The van der Waals surface area contributed by atoms with E-state index in [2.05, 4.69) is 11.9 Å². The average Bonchev–Trinajstić information content (AvgIpc) is 2.66. The molecule has 0 saturated carbocycles. The first-order valence-electron chi connectivity index (χ1n) is 5.97. The molecule has 1 aromatic rings. The smallest absolute Gasteiger partial charge is 0.162 e. The number of aromatic nitrogens is 2. The Hall–Kier alpha value is -0.900. The van der Waals surface area contributed by atoms with Crippen molar-refractivity contribution in [3.05, 3.63) is 18.2 Å². The fourth-order valence-corrected chi connectivity index (χ4v) is 1.92. The van der Waals surface area contributed by atoms with E-state index in [9.17, 15) is 4.39 Å². The monoisotopic (exact) mass is 227 g/mol. The van der Waals surface area contributed by atoms with Crippen LogP contribution >= 0.6 is 0 Å². The maximum atomic E-state index is 14.3. The number of rotatable bonds is 6. The largest absolute Gasteiger partial charge is 0.332 e. The Morgan fingerprint density at radius 1 is 1.50 bits per heavy atom. The highest BCUT2D eigenvalue weighted by Crippen LogP contribution is 2.29. The lowest BCUT2D eigenvalue weighted by atomic mass is 9.91. The zero-order valence-electron chi connectivity index (χ0n) is 10.4. The van der Waals surface area contributed by atoms with Gasteiger partial charge in [-0.1, -0.05) is 20.8 Å². The van der Waals surface area contributed by atoms with Crippen LogP contribution in [0.15, 0.2) is 12.4 Å². The van der Waals surface area contributed by atoms with E-state index in [1.165, 1.54) is 0 Å². The van der Waals surface area contributed by atoms with Gasteiger partial charge in [-0.15, -0.1) is 0 Å². The number of hydrogen-bond acceptors (Lipinski definition) is 2. The highest BCUT2D eigenvalue weighted by atomic mass is 19.1. The van der Waals surface area contributed by atoms with Crippen molar-refractivity contribution in [2.75, 3.05) is 6.54 Å². The normalized spacial score (nSPS) is 15.4. The molecular weight excluding hydrogens is 205 g/mol. The first kappa shape index (κ1) is 13.2. The molecule has 0 bridgehead atoms. The minimum Gasteiger partial charge on any atom is -0.332 e. The Labute approximate surface area is 96.9 Å². The van der Waals surface area contributed by atoms with Gasteiger partial charge in [-0.25, -0.2) is 9.37 Å². The third-order valence-electron chi connectivity index (χ3n) is 2.96. The SMILES string of the molecule is CCCn1ccnc1C(F)C(CN)C(C)C. The fraction of sp³-hybridized carbons (Fsp3) is 0.750. The van der Waals surface area contributed by atoms with E-state index in [0.29, 0.717) is 12.4 Å². The van der Waals surface area contributed by atoms with Gasteiger partial charge in [-0.2, -0.15) is 0 Å². The molecule has 0 spiro atoms. The Morgan fingerprint density at radius 2 is 2.19 bits per heavy atom. The molecule has 0 aromatic carbocycles. The molecule has 0 aliphatic heterocycles. The summed E-state index contributed by atoms with van der Waals surface area (Å²) in [7, 11) is 0. The van der Waals surface area contributed by atoms with Crippen LogP contribution in [0, 0.1) is 11.8 Å². The lowest BCUT2D eigenvalue weighted by molar-refractivity contribution is 0.174. The van der Waals surface area contributed by atoms with Gasteiger partial charge in [0.05, 0.1) is 0 Å². The van der Waals surface area contributed by atoms with Crippen LogP contribution in [0.1, 0.15) is 39.2 Å². The predicted octanol–water partition coefficient (Wildman–Crippen LogP) is 2.53. The summed E-state index contributed by atoms with van der Waals surface area (Å²) in [6.07, 6.45) is 3.40. The summed E-state index contributed by atoms with van der Waals surface area (Å²) in [4.78, 5) is 4.12. The molecule has 1 rings (SSSR count). The van der Waals surface area contributed by atoms with Gasteiger partial charge in [0.15, 0.2) is 6.17 Å². The third-order valence-corrected chi connectivity index (χ3v) is 2.96. The summed E-state index contributed by atoms with van der Waals surface area (Å²) in [5.41, 5.74) is 5.63. The van der Waals surface area contributed by atoms with Crippen LogP contribution in [0.25, 0.3) is 0 Å². The molecule has 0 fully saturated rings. The van der Waals surface area contributed by atoms with Crippen molar-refractivity contribution in [1.29, 1.82) is 0 Å². The van der Waals surface area contributed by atoms with E-state index >= 15 is 0 Å². The number of nitrogens with two attached hydrogens (primary N) is 1. The molecule has 2 N–H and O–H groups in total. The van der Waals surface area contributed by atoms with Gasteiger partial charge in [0.25, 0.3) is 0 Å². The van der Waals surface area contributed by atoms with Crippen molar-refractivity contribution in [1.82, 2.24) is 9.55 Å². The highest BCUT2D eigenvalue weighted by Gasteiger charge is 2.27. The molecule has 0 aliphatic rings. The zero-order chi connectivity index (χ0) is 12.1. The van der Waals surface area contributed by atoms with Crippen molar-refractivity contribution >= 4 is 0 Å². The Morgan fingerprint density at radius 3 is 2.69 bits per heavy atom. The van der Waals surface area contributed by atoms with Gasteiger partial charge >= 0.3 is 0 Å². The molecule has 0 amide bonds. The molecule has 0 radical (unpaired) electrons. The minimum atomic E-state index is -1.06. The molecule has 0 saturated heterocycles. The van der Waals surface area contributed by atoms with Gasteiger partial charge in [0, 0.05) is 24.9 Å². The summed E-state index contributed by atoms with van der Waals surface area (Å²) < 4.78 is 16.2. The second kappa shape index (κ2) is 5.99. The molecule has 0 aliphatic carbocycles.